The van der Waals surface area contributed by atoms with Crippen molar-refractivity contribution < 1.29 is 0 Å². The summed E-state index contributed by atoms with van der Waals surface area (Å²) in [5.74, 6) is 0.442. The molecule has 20 heavy (non-hydrogen) atoms. The molecule has 3 rings (SSSR count). The highest BCUT2D eigenvalue weighted by molar-refractivity contribution is 6.29. The van der Waals surface area contributed by atoms with Gasteiger partial charge < -0.3 is 0 Å². The van der Waals surface area contributed by atoms with Crippen LogP contribution in [-0.4, -0.2) is 25.2 Å². The fraction of sp³-hybridized carbons (Fsp3) is 0. The number of tetrazole rings is 1. The first kappa shape index (κ1) is 12.3. The van der Waals surface area contributed by atoms with E-state index in [9.17, 15) is 0 Å². The Kier molecular flexibility index (Phi) is 3.11. The third-order valence-electron chi connectivity index (χ3n) is 2.61. The molecule has 0 bridgehead atoms. The highest BCUT2D eigenvalue weighted by Gasteiger charge is 2.08. The normalized spacial score (nSPS) is 10.2. The molecule has 0 N–H and O–H groups in total. The van der Waals surface area contributed by atoms with Crippen molar-refractivity contribution in [2.24, 2.45) is 0 Å². The molecule has 0 amide bonds. The van der Waals surface area contributed by atoms with Crippen LogP contribution in [0.15, 0.2) is 42.6 Å². The van der Waals surface area contributed by atoms with Crippen molar-refractivity contribution in [3.05, 3.63) is 53.3 Å². The first-order chi connectivity index (χ1) is 9.76. The number of halogens is 1. The van der Waals surface area contributed by atoms with Crippen LogP contribution in [0.4, 0.5) is 0 Å². The molecule has 2 heterocycles. The standard InChI is InChI=1S/C13H7ClN6/c14-12-5-4-11(8-16-12)20-18-13(17-19-20)10-3-1-2-9(6-10)7-15/h1-6,8H. The van der Waals surface area contributed by atoms with Crippen LogP contribution in [0.5, 0.6) is 0 Å². The number of hydrogen-bond donors (Lipinski definition) is 0. The van der Waals surface area contributed by atoms with E-state index in [4.69, 9.17) is 16.9 Å². The monoisotopic (exact) mass is 282 g/mol. The Morgan fingerprint density at radius 2 is 2.10 bits per heavy atom. The van der Waals surface area contributed by atoms with E-state index >= 15 is 0 Å². The molecule has 0 aliphatic rings. The summed E-state index contributed by atoms with van der Waals surface area (Å²) in [4.78, 5) is 5.32. The van der Waals surface area contributed by atoms with Gasteiger partial charge in [-0.3, -0.25) is 0 Å². The first-order valence-corrected chi connectivity index (χ1v) is 6.06. The summed E-state index contributed by atoms with van der Waals surface area (Å²) >= 11 is 5.73. The van der Waals surface area contributed by atoms with Gasteiger partial charge in [-0.05, 0) is 29.5 Å². The summed E-state index contributed by atoms with van der Waals surface area (Å²) in [6.07, 6.45) is 1.56. The lowest BCUT2D eigenvalue weighted by Crippen LogP contribution is -1.99. The Bertz CT molecular complexity index is 787. The second-order valence-corrected chi connectivity index (χ2v) is 4.32. The van der Waals surface area contributed by atoms with Gasteiger partial charge in [0, 0.05) is 5.56 Å². The SMILES string of the molecule is N#Cc1cccc(-c2nnn(-c3ccc(Cl)nc3)n2)c1. The van der Waals surface area contributed by atoms with Gasteiger partial charge >= 0.3 is 0 Å². The van der Waals surface area contributed by atoms with E-state index in [0.717, 1.165) is 5.56 Å². The van der Waals surface area contributed by atoms with Crippen LogP contribution in [0, 0.1) is 11.3 Å². The third-order valence-corrected chi connectivity index (χ3v) is 2.83. The molecule has 0 unspecified atom stereocenters. The van der Waals surface area contributed by atoms with Crippen LogP contribution in [0.1, 0.15) is 5.56 Å². The van der Waals surface area contributed by atoms with Crippen molar-refractivity contribution in [2.45, 2.75) is 0 Å². The lowest BCUT2D eigenvalue weighted by Gasteiger charge is -1.97. The average Bonchev–Trinajstić information content (AvgIpc) is 2.98. The molecule has 0 saturated carbocycles. The number of nitriles is 1. The molecule has 0 radical (unpaired) electrons. The van der Waals surface area contributed by atoms with Crippen molar-refractivity contribution in [2.75, 3.05) is 0 Å². The van der Waals surface area contributed by atoms with Crippen molar-refractivity contribution in [3.63, 3.8) is 0 Å². The molecular weight excluding hydrogens is 276 g/mol. The van der Waals surface area contributed by atoms with E-state index in [1.165, 1.54) is 4.80 Å². The van der Waals surface area contributed by atoms with Crippen molar-refractivity contribution in [1.82, 2.24) is 25.2 Å². The highest BCUT2D eigenvalue weighted by atomic mass is 35.5. The summed E-state index contributed by atoms with van der Waals surface area (Å²) in [6, 6.07) is 12.5. The third kappa shape index (κ3) is 2.35. The van der Waals surface area contributed by atoms with Gasteiger partial charge in [-0.2, -0.15) is 5.26 Å². The lowest BCUT2D eigenvalue weighted by atomic mass is 10.1. The van der Waals surface area contributed by atoms with Crippen LogP contribution >= 0.6 is 11.6 Å². The van der Waals surface area contributed by atoms with Gasteiger partial charge in [0.1, 0.15) is 10.8 Å². The predicted octanol–water partition coefficient (Wildman–Crippen LogP) is 2.25. The van der Waals surface area contributed by atoms with Crippen LogP contribution in [0.25, 0.3) is 17.1 Å². The van der Waals surface area contributed by atoms with Crippen LogP contribution in [0.2, 0.25) is 5.15 Å². The number of benzene rings is 1. The summed E-state index contributed by atoms with van der Waals surface area (Å²) in [6.45, 7) is 0. The number of aromatic nitrogens is 5. The first-order valence-electron chi connectivity index (χ1n) is 5.69. The van der Waals surface area contributed by atoms with Crippen LogP contribution in [0.3, 0.4) is 0 Å². The Labute approximate surface area is 119 Å². The largest absolute Gasteiger partial charge is 0.242 e. The van der Waals surface area contributed by atoms with Crippen LogP contribution < -0.4 is 0 Å². The van der Waals surface area contributed by atoms with E-state index in [2.05, 4.69) is 26.5 Å². The zero-order valence-corrected chi connectivity index (χ0v) is 10.9. The van der Waals surface area contributed by atoms with E-state index in [0.29, 0.717) is 22.2 Å². The fourth-order valence-electron chi connectivity index (χ4n) is 1.65. The zero-order valence-electron chi connectivity index (χ0n) is 10.1. The van der Waals surface area contributed by atoms with Crippen molar-refractivity contribution >= 4 is 11.6 Å². The van der Waals surface area contributed by atoms with Gasteiger partial charge in [0.25, 0.3) is 0 Å². The van der Waals surface area contributed by atoms with Crippen molar-refractivity contribution in [3.8, 4) is 23.1 Å². The molecule has 7 heteroatoms. The molecule has 96 valence electrons. The van der Waals surface area contributed by atoms with Crippen LogP contribution in [-0.2, 0) is 0 Å². The van der Waals surface area contributed by atoms with Gasteiger partial charge in [0.2, 0.25) is 5.82 Å². The number of rotatable bonds is 2. The lowest BCUT2D eigenvalue weighted by molar-refractivity contribution is 0.717. The van der Waals surface area contributed by atoms with E-state index in [1.54, 1.807) is 36.5 Å². The molecule has 0 atom stereocenters. The second kappa shape index (κ2) is 5.07. The fourth-order valence-corrected chi connectivity index (χ4v) is 1.77. The molecule has 0 spiro atoms. The molecular formula is C13H7ClN6. The molecule has 2 aromatic heterocycles. The van der Waals surface area contributed by atoms with Gasteiger partial charge in [0.05, 0.1) is 17.8 Å². The molecule has 0 aliphatic heterocycles. The van der Waals surface area contributed by atoms with Gasteiger partial charge in [-0.15, -0.1) is 15.0 Å². The van der Waals surface area contributed by atoms with Crippen molar-refractivity contribution in [1.29, 1.82) is 5.26 Å². The minimum atomic E-state index is 0.399. The zero-order chi connectivity index (χ0) is 13.9. The summed E-state index contributed by atoms with van der Waals surface area (Å²) in [5.41, 5.74) is 1.94. The number of pyridine rings is 1. The Morgan fingerprint density at radius 1 is 1.20 bits per heavy atom. The number of hydrogen-bond acceptors (Lipinski definition) is 5. The topological polar surface area (TPSA) is 80.3 Å². The summed E-state index contributed by atoms with van der Waals surface area (Å²) in [5, 5.41) is 21.5. The Balaban J connectivity index is 1.97. The highest BCUT2D eigenvalue weighted by Crippen LogP contribution is 2.16. The Hall–Kier alpha value is -2.78. The molecule has 0 fully saturated rings. The average molecular weight is 283 g/mol. The number of nitrogens with zero attached hydrogens (tertiary/aromatic N) is 6. The van der Waals surface area contributed by atoms with Gasteiger partial charge in [0.15, 0.2) is 0 Å². The van der Waals surface area contributed by atoms with E-state index in [-0.39, 0.29) is 0 Å². The maximum atomic E-state index is 8.89. The quantitative estimate of drug-likeness (QED) is 0.673. The molecule has 0 saturated heterocycles. The minimum absolute atomic E-state index is 0.399. The minimum Gasteiger partial charge on any atom is -0.242 e. The molecule has 1 aromatic carbocycles. The van der Waals surface area contributed by atoms with Gasteiger partial charge in [-0.25, -0.2) is 4.98 Å². The maximum absolute atomic E-state index is 8.89. The van der Waals surface area contributed by atoms with E-state index < -0.39 is 0 Å². The smallest absolute Gasteiger partial charge is 0.205 e. The second-order valence-electron chi connectivity index (χ2n) is 3.93. The molecule has 6 nitrogen and oxygen atoms in total. The molecule has 3 aromatic rings. The summed E-state index contributed by atoms with van der Waals surface area (Å²) in [7, 11) is 0. The van der Waals surface area contributed by atoms with E-state index in [1.807, 2.05) is 6.07 Å². The summed E-state index contributed by atoms with van der Waals surface area (Å²) < 4.78 is 0. The van der Waals surface area contributed by atoms with Gasteiger partial charge in [-0.1, -0.05) is 23.7 Å². The maximum Gasteiger partial charge on any atom is 0.205 e. The molecule has 0 aliphatic carbocycles. The Morgan fingerprint density at radius 3 is 2.85 bits per heavy atom. The predicted molar refractivity (Wildman–Crippen MR) is 72.1 cm³/mol.